The minimum atomic E-state index is -0.151. The van der Waals surface area contributed by atoms with Gasteiger partial charge in [-0.3, -0.25) is 9.59 Å². The van der Waals surface area contributed by atoms with Crippen molar-refractivity contribution in [2.45, 2.75) is 32.2 Å². The third-order valence-electron chi connectivity index (χ3n) is 3.07. The summed E-state index contributed by atoms with van der Waals surface area (Å²) in [4.78, 5) is 22.7. The van der Waals surface area contributed by atoms with Crippen LogP contribution in [0, 0.1) is 11.8 Å². The van der Waals surface area contributed by atoms with Gasteiger partial charge in [-0.25, -0.2) is 0 Å². The minimum absolute atomic E-state index is 0.0281. The molecule has 1 aliphatic heterocycles. The Hall–Kier alpha value is -1.06. The zero-order valence-electron chi connectivity index (χ0n) is 8.29. The molecule has 4 nitrogen and oxygen atoms in total. The lowest BCUT2D eigenvalue weighted by molar-refractivity contribution is -0.148. The van der Waals surface area contributed by atoms with E-state index >= 15 is 0 Å². The number of ether oxygens (including phenoxy) is 1. The summed E-state index contributed by atoms with van der Waals surface area (Å²) < 4.78 is 4.98. The zero-order valence-corrected chi connectivity index (χ0v) is 8.29. The van der Waals surface area contributed by atoms with Crippen molar-refractivity contribution in [3.8, 4) is 0 Å². The van der Waals surface area contributed by atoms with Crippen molar-refractivity contribution in [3.05, 3.63) is 0 Å². The lowest BCUT2D eigenvalue weighted by Gasteiger charge is -2.21. The first-order valence-electron chi connectivity index (χ1n) is 5.16. The van der Waals surface area contributed by atoms with Crippen molar-refractivity contribution >= 4 is 11.9 Å². The van der Waals surface area contributed by atoms with Crippen molar-refractivity contribution in [3.63, 3.8) is 0 Å². The van der Waals surface area contributed by atoms with Gasteiger partial charge >= 0.3 is 5.97 Å². The SMILES string of the molecule is CCOC(=O)[C@H]1C[C@@H]2CC(=O)N[C@H]1C2. The monoisotopic (exact) mass is 197 g/mol. The number of carbonyl (C=O) groups excluding carboxylic acids is 2. The molecule has 0 aromatic carbocycles. The second-order valence-corrected chi connectivity index (χ2v) is 4.07. The van der Waals surface area contributed by atoms with Gasteiger partial charge < -0.3 is 10.1 Å². The molecule has 0 spiro atoms. The van der Waals surface area contributed by atoms with E-state index in [2.05, 4.69) is 5.32 Å². The molecule has 2 rings (SSSR count). The topological polar surface area (TPSA) is 55.4 Å². The van der Waals surface area contributed by atoms with Crippen LogP contribution in [0.5, 0.6) is 0 Å². The highest BCUT2D eigenvalue weighted by Crippen LogP contribution is 2.37. The van der Waals surface area contributed by atoms with Crippen LogP contribution in [0.3, 0.4) is 0 Å². The number of fused-ring (bicyclic) bond motifs is 2. The first kappa shape index (κ1) is 9.49. The largest absolute Gasteiger partial charge is 0.466 e. The van der Waals surface area contributed by atoms with Gasteiger partial charge in [-0.15, -0.1) is 0 Å². The first-order valence-corrected chi connectivity index (χ1v) is 5.16. The molecule has 2 fully saturated rings. The summed E-state index contributed by atoms with van der Waals surface area (Å²) in [5, 5.41) is 2.86. The summed E-state index contributed by atoms with van der Waals surface area (Å²) in [5.74, 6) is 0.217. The maximum atomic E-state index is 11.5. The Labute approximate surface area is 83.0 Å². The van der Waals surface area contributed by atoms with Crippen molar-refractivity contribution in [2.24, 2.45) is 11.8 Å². The maximum Gasteiger partial charge on any atom is 0.311 e. The lowest BCUT2D eigenvalue weighted by Crippen LogP contribution is -2.42. The molecule has 14 heavy (non-hydrogen) atoms. The molecule has 3 atom stereocenters. The Morgan fingerprint density at radius 1 is 1.57 bits per heavy atom. The van der Waals surface area contributed by atoms with Crippen LogP contribution in [0.1, 0.15) is 26.2 Å². The standard InChI is InChI=1S/C10H15NO3/c1-2-14-10(13)7-3-6-4-8(7)11-9(12)5-6/h6-8H,2-5H2,1H3,(H,11,12)/t6-,7-,8-/m0/s1. The van der Waals surface area contributed by atoms with Gasteiger partial charge in [0.05, 0.1) is 12.5 Å². The van der Waals surface area contributed by atoms with E-state index in [0.29, 0.717) is 18.9 Å². The molecule has 0 unspecified atom stereocenters. The quantitative estimate of drug-likeness (QED) is 0.654. The molecule has 1 amide bonds. The second kappa shape index (κ2) is 3.59. The summed E-state index contributed by atoms with van der Waals surface area (Å²) in [6.45, 7) is 2.22. The Morgan fingerprint density at radius 2 is 2.36 bits per heavy atom. The normalized spacial score (nSPS) is 35.2. The Morgan fingerprint density at radius 3 is 3.07 bits per heavy atom. The number of piperidine rings is 1. The molecule has 4 heteroatoms. The van der Waals surface area contributed by atoms with Crippen LogP contribution in [0.4, 0.5) is 0 Å². The van der Waals surface area contributed by atoms with Gasteiger partial charge in [0.15, 0.2) is 0 Å². The van der Waals surface area contributed by atoms with Gasteiger partial charge in [-0.1, -0.05) is 0 Å². The van der Waals surface area contributed by atoms with Crippen LogP contribution < -0.4 is 5.32 Å². The van der Waals surface area contributed by atoms with E-state index in [0.717, 1.165) is 12.8 Å². The molecule has 1 N–H and O–H groups in total. The van der Waals surface area contributed by atoms with E-state index in [1.165, 1.54) is 0 Å². The summed E-state index contributed by atoms with van der Waals surface area (Å²) in [5.41, 5.74) is 0. The first-order chi connectivity index (χ1) is 6.70. The fourth-order valence-corrected chi connectivity index (χ4v) is 2.51. The molecular weight excluding hydrogens is 182 g/mol. The predicted octanol–water partition coefficient (Wildman–Crippen LogP) is 0.464. The smallest absolute Gasteiger partial charge is 0.311 e. The Balaban J connectivity index is 2.02. The Kier molecular flexibility index (Phi) is 2.44. The van der Waals surface area contributed by atoms with Crippen LogP contribution in [0.15, 0.2) is 0 Å². The molecule has 1 saturated heterocycles. The van der Waals surface area contributed by atoms with E-state index in [1.54, 1.807) is 6.92 Å². The molecule has 0 radical (unpaired) electrons. The highest BCUT2D eigenvalue weighted by Gasteiger charge is 2.44. The van der Waals surface area contributed by atoms with Crippen LogP contribution in [0.2, 0.25) is 0 Å². The average Bonchev–Trinajstić information content (AvgIpc) is 2.42. The molecule has 0 aromatic heterocycles. The summed E-state index contributed by atoms with van der Waals surface area (Å²) in [6.07, 6.45) is 2.32. The van der Waals surface area contributed by atoms with Crippen molar-refractivity contribution in [1.29, 1.82) is 0 Å². The molecule has 1 aliphatic carbocycles. The molecular formula is C10H15NO3. The number of hydrogen-bond donors (Lipinski definition) is 1. The van der Waals surface area contributed by atoms with E-state index in [4.69, 9.17) is 4.74 Å². The molecule has 1 heterocycles. The number of carbonyl (C=O) groups is 2. The molecule has 0 aromatic rings. The lowest BCUT2D eigenvalue weighted by atomic mass is 10.0. The minimum Gasteiger partial charge on any atom is -0.466 e. The third-order valence-corrected chi connectivity index (χ3v) is 3.07. The van der Waals surface area contributed by atoms with Crippen molar-refractivity contribution in [1.82, 2.24) is 5.32 Å². The van der Waals surface area contributed by atoms with Crippen LogP contribution in [-0.2, 0) is 14.3 Å². The highest BCUT2D eigenvalue weighted by atomic mass is 16.5. The van der Waals surface area contributed by atoms with Gasteiger partial charge in [0, 0.05) is 12.5 Å². The molecule has 2 bridgehead atoms. The Bertz CT molecular complexity index is 264. The van der Waals surface area contributed by atoms with Crippen molar-refractivity contribution < 1.29 is 14.3 Å². The summed E-state index contributed by atoms with van der Waals surface area (Å²) in [6, 6.07) is 0.0281. The van der Waals surface area contributed by atoms with E-state index in [1.807, 2.05) is 0 Å². The number of amides is 1. The van der Waals surface area contributed by atoms with Gasteiger partial charge in [-0.2, -0.15) is 0 Å². The zero-order chi connectivity index (χ0) is 10.1. The van der Waals surface area contributed by atoms with E-state index in [9.17, 15) is 9.59 Å². The van der Waals surface area contributed by atoms with Gasteiger partial charge in [0.2, 0.25) is 5.91 Å². The predicted molar refractivity (Wildman–Crippen MR) is 49.4 cm³/mol. The third kappa shape index (κ3) is 1.61. The van der Waals surface area contributed by atoms with E-state index < -0.39 is 0 Å². The van der Waals surface area contributed by atoms with Gasteiger partial charge in [0.25, 0.3) is 0 Å². The summed E-state index contributed by atoms with van der Waals surface area (Å²) >= 11 is 0. The molecule has 78 valence electrons. The fraction of sp³-hybridized carbons (Fsp3) is 0.800. The van der Waals surface area contributed by atoms with Gasteiger partial charge in [0.1, 0.15) is 0 Å². The van der Waals surface area contributed by atoms with Crippen molar-refractivity contribution in [2.75, 3.05) is 6.61 Å². The average molecular weight is 197 g/mol. The number of rotatable bonds is 2. The number of hydrogen-bond acceptors (Lipinski definition) is 3. The van der Waals surface area contributed by atoms with E-state index in [-0.39, 0.29) is 23.8 Å². The van der Waals surface area contributed by atoms with Crippen LogP contribution in [0.25, 0.3) is 0 Å². The van der Waals surface area contributed by atoms with Crippen LogP contribution in [-0.4, -0.2) is 24.5 Å². The highest BCUT2D eigenvalue weighted by molar-refractivity contribution is 5.81. The molecule has 2 aliphatic rings. The van der Waals surface area contributed by atoms with Gasteiger partial charge in [-0.05, 0) is 25.7 Å². The number of esters is 1. The summed E-state index contributed by atoms with van der Waals surface area (Å²) in [7, 11) is 0. The second-order valence-electron chi connectivity index (χ2n) is 4.07. The fourth-order valence-electron chi connectivity index (χ4n) is 2.51. The van der Waals surface area contributed by atoms with Crippen LogP contribution >= 0.6 is 0 Å². The maximum absolute atomic E-state index is 11.5. The number of nitrogens with one attached hydrogen (secondary N) is 1. The molecule has 1 saturated carbocycles.